The third-order valence-corrected chi connectivity index (χ3v) is 1.46. The van der Waals surface area contributed by atoms with Gasteiger partial charge in [-0.1, -0.05) is 0 Å². The highest BCUT2D eigenvalue weighted by molar-refractivity contribution is 5.68. The van der Waals surface area contributed by atoms with Crippen LogP contribution >= 0.6 is 0 Å². The topological polar surface area (TPSA) is 78.3 Å². The zero-order chi connectivity index (χ0) is 9.14. The van der Waals surface area contributed by atoms with Crippen molar-refractivity contribution < 1.29 is 9.53 Å². The zero-order valence-corrected chi connectivity index (χ0v) is 6.70. The number of hydrogen-bond donors (Lipinski definition) is 2. The molecule has 0 aliphatic heterocycles. The van der Waals surface area contributed by atoms with E-state index in [2.05, 4.69) is 4.74 Å². The first-order valence-corrected chi connectivity index (χ1v) is 3.43. The summed E-state index contributed by atoms with van der Waals surface area (Å²) in [5, 5.41) is 0. The summed E-state index contributed by atoms with van der Waals surface area (Å²) in [7, 11) is 0. The Kier molecular flexibility index (Phi) is 2.19. The van der Waals surface area contributed by atoms with Crippen molar-refractivity contribution in [2.24, 2.45) is 5.73 Å². The molecule has 0 unspecified atom stereocenters. The van der Waals surface area contributed by atoms with Gasteiger partial charge in [-0.15, -0.1) is 0 Å². The number of hydrogen-bond acceptors (Lipinski definition) is 3. The summed E-state index contributed by atoms with van der Waals surface area (Å²) in [6, 6.07) is 4.90. The molecule has 1 rings (SSSR count). The van der Waals surface area contributed by atoms with Crippen LogP contribution in [0.1, 0.15) is 5.56 Å². The van der Waals surface area contributed by atoms with E-state index < -0.39 is 6.09 Å². The predicted octanol–water partition coefficient (Wildman–Crippen LogP) is 1.03. The van der Waals surface area contributed by atoms with Crippen molar-refractivity contribution >= 4 is 11.8 Å². The van der Waals surface area contributed by atoms with Crippen molar-refractivity contribution in [3.63, 3.8) is 0 Å². The monoisotopic (exact) mass is 166 g/mol. The largest absolute Gasteiger partial charge is 0.410 e. The number of nitrogen functional groups attached to an aromatic ring is 1. The van der Waals surface area contributed by atoms with E-state index in [-0.39, 0.29) is 0 Å². The quantitative estimate of drug-likeness (QED) is 0.611. The van der Waals surface area contributed by atoms with Crippen LogP contribution in [0.5, 0.6) is 5.75 Å². The van der Waals surface area contributed by atoms with Crippen LogP contribution in [0.3, 0.4) is 0 Å². The fraction of sp³-hybridized carbons (Fsp3) is 0.125. The SMILES string of the molecule is Cc1cc(OC(N)=O)ccc1N. The van der Waals surface area contributed by atoms with Crippen molar-refractivity contribution in [2.75, 3.05) is 5.73 Å². The number of carbonyl (C=O) groups excluding carboxylic acids is 1. The third-order valence-electron chi connectivity index (χ3n) is 1.46. The lowest BCUT2D eigenvalue weighted by Gasteiger charge is -2.03. The maximum atomic E-state index is 10.3. The summed E-state index contributed by atoms with van der Waals surface area (Å²) < 4.78 is 4.63. The Balaban J connectivity index is 2.89. The lowest BCUT2D eigenvalue weighted by atomic mass is 10.2. The molecule has 64 valence electrons. The Labute approximate surface area is 70.1 Å². The first kappa shape index (κ1) is 8.39. The Morgan fingerprint density at radius 2 is 2.17 bits per heavy atom. The van der Waals surface area contributed by atoms with Crippen LogP contribution in [0, 0.1) is 6.92 Å². The number of primary amides is 1. The average molecular weight is 166 g/mol. The molecule has 4 N–H and O–H groups in total. The number of anilines is 1. The van der Waals surface area contributed by atoms with Crippen LogP contribution in [0.2, 0.25) is 0 Å². The van der Waals surface area contributed by atoms with Crippen molar-refractivity contribution in [3.05, 3.63) is 23.8 Å². The summed E-state index contributed by atoms with van der Waals surface area (Å²) in [5.41, 5.74) is 11.9. The molecule has 0 aromatic heterocycles. The van der Waals surface area contributed by atoms with Gasteiger partial charge in [0.05, 0.1) is 0 Å². The first-order valence-electron chi connectivity index (χ1n) is 3.43. The Morgan fingerprint density at radius 3 is 2.67 bits per heavy atom. The van der Waals surface area contributed by atoms with E-state index in [4.69, 9.17) is 11.5 Å². The summed E-state index contributed by atoms with van der Waals surface area (Å²) in [6.07, 6.45) is -0.820. The highest BCUT2D eigenvalue weighted by atomic mass is 16.5. The smallest absolute Gasteiger partial charge is 0.409 e. The van der Waals surface area contributed by atoms with Crippen molar-refractivity contribution in [3.8, 4) is 5.75 Å². The molecule has 1 amide bonds. The zero-order valence-electron chi connectivity index (χ0n) is 6.70. The molecule has 1 aromatic carbocycles. The number of nitrogens with two attached hydrogens (primary N) is 2. The van der Waals surface area contributed by atoms with E-state index in [0.717, 1.165) is 5.56 Å². The highest BCUT2D eigenvalue weighted by Crippen LogP contribution is 2.18. The number of carbonyl (C=O) groups is 1. The van der Waals surface area contributed by atoms with Crippen LogP contribution in [-0.2, 0) is 0 Å². The molecule has 4 heteroatoms. The lowest BCUT2D eigenvalue weighted by Crippen LogP contribution is -2.16. The second kappa shape index (κ2) is 3.13. The minimum absolute atomic E-state index is 0.411. The molecule has 0 atom stereocenters. The number of benzene rings is 1. The van der Waals surface area contributed by atoms with Gasteiger partial charge in [0.25, 0.3) is 0 Å². The van der Waals surface area contributed by atoms with Gasteiger partial charge in [-0.2, -0.15) is 0 Å². The molecule has 0 saturated heterocycles. The van der Waals surface area contributed by atoms with Crippen molar-refractivity contribution in [1.29, 1.82) is 0 Å². The molecule has 1 aromatic rings. The van der Waals surface area contributed by atoms with E-state index in [9.17, 15) is 4.79 Å². The first-order chi connectivity index (χ1) is 5.59. The molecule has 0 saturated carbocycles. The fourth-order valence-corrected chi connectivity index (χ4v) is 0.828. The Morgan fingerprint density at radius 1 is 1.50 bits per heavy atom. The minimum Gasteiger partial charge on any atom is -0.410 e. The molecule has 0 aliphatic carbocycles. The van der Waals surface area contributed by atoms with E-state index in [1.165, 1.54) is 0 Å². The average Bonchev–Trinajstić information content (AvgIpc) is 1.96. The maximum Gasteiger partial charge on any atom is 0.409 e. The second-order valence-corrected chi connectivity index (χ2v) is 2.44. The standard InChI is InChI=1S/C8H10N2O2/c1-5-4-6(12-8(10)11)2-3-7(5)9/h2-4H,9H2,1H3,(H2,10,11). The number of ether oxygens (including phenoxy) is 1. The van der Waals surface area contributed by atoms with Crippen LogP contribution in [-0.4, -0.2) is 6.09 Å². The summed E-state index contributed by atoms with van der Waals surface area (Å²) in [4.78, 5) is 10.3. The van der Waals surface area contributed by atoms with Gasteiger partial charge >= 0.3 is 6.09 Å². The van der Waals surface area contributed by atoms with Crippen LogP contribution in [0.4, 0.5) is 10.5 Å². The summed E-state index contributed by atoms with van der Waals surface area (Å²) >= 11 is 0. The molecule has 0 bridgehead atoms. The molecule has 0 spiro atoms. The van der Waals surface area contributed by atoms with Gasteiger partial charge in [-0.05, 0) is 30.7 Å². The minimum atomic E-state index is -0.820. The van der Waals surface area contributed by atoms with Gasteiger partial charge in [0.15, 0.2) is 0 Å². The van der Waals surface area contributed by atoms with Crippen LogP contribution in [0.25, 0.3) is 0 Å². The lowest BCUT2D eigenvalue weighted by molar-refractivity contribution is 0.211. The Hall–Kier alpha value is -1.71. The number of rotatable bonds is 1. The van der Waals surface area contributed by atoms with Crippen molar-refractivity contribution in [2.45, 2.75) is 6.92 Å². The molecular weight excluding hydrogens is 156 g/mol. The van der Waals surface area contributed by atoms with Gasteiger partial charge in [0.1, 0.15) is 5.75 Å². The molecule has 0 fully saturated rings. The van der Waals surface area contributed by atoms with Crippen LogP contribution in [0.15, 0.2) is 18.2 Å². The van der Waals surface area contributed by atoms with Gasteiger partial charge in [-0.25, -0.2) is 4.79 Å². The van der Waals surface area contributed by atoms with Crippen molar-refractivity contribution in [1.82, 2.24) is 0 Å². The Bertz CT molecular complexity index is 310. The summed E-state index contributed by atoms with van der Waals surface area (Å²) in [5.74, 6) is 0.411. The van der Waals surface area contributed by atoms with E-state index in [1.54, 1.807) is 18.2 Å². The molecule has 0 radical (unpaired) electrons. The van der Waals surface area contributed by atoms with Gasteiger partial charge in [0.2, 0.25) is 0 Å². The molecule has 0 aliphatic rings. The van der Waals surface area contributed by atoms with Gasteiger partial charge < -0.3 is 16.2 Å². The molecule has 12 heavy (non-hydrogen) atoms. The normalized spacial score (nSPS) is 9.42. The molecule has 0 heterocycles. The maximum absolute atomic E-state index is 10.3. The highest BCUT2D eigenvalue weighted by Gasteiger charge is 1.99. The fourth-order valence-electron chi connectivity index (χ4n) is 0.828. The number of amides is 1. The summed E-state index contributed by atoms with van der Waals surface area (Å²) in [6.45, 7) is 1.82. The van der Waals surface area contributed by atoms with Crippen LogP contribution < -0.4 is 16.2 Å². The van der Waals surface area contributed by atoms with Gasteiger partial charge in [-0.3, -0.25) is 0 Å². The third kappa shape index (κ3) is 1.88. The van der Waals surface area contributed by atoms with E-state index >= 15 is 0 Å². The van der Waals surface area contributed by atoms with Gasteiger partial charge in [0, 0.05) is 5.69 Å². The number of aryl methyl sites for hydroxylation is 1. The molecular formula is C8H10N2O2. The second-order valence-electron chi connectivity index (χ2n) is 2.44. The van der Waals surface area contributed by atoms with E-state index in [0.29, 0.717) is 11.4 Å². The van der Waals surface area contributed by atoms with E-state index in [1.807, 2.05) is 6.92 Å². The predicted molar refractivity (Wildman–Crippen MR) is 45.8 cm³/mol. The molecule has 4 nitrogen and oxygen atoms in total.